The normalized spacial score (nSPS) is 10.7. The zero-order chi connectivity index (χ0) is 17.1. The van der Waals surface area contributed by atoms with Gasteiger partial charge in [0.15, 0.2) is 23.3 Å². The molecule has 1 amide bonds. The molecule has 0 atom stereocenters. The van der Waals surface area contributed by atoms with E-state index in [1.165, 1.54) is 12.1 Å². The summed E-state index contributed by atoms with van der Waals surface area (Å²) in [5.41, 5.74) is -0.161. The monoisotopic (exact) mass is 345 g/mol. The molecule has 2 nitrogen and oxygen atoms in total. The highest BCUT2D eigenvalue weighted by Gasteiger charge is 2.28. The summed E-state index contributed by atoms with van der Waals surface area (Å²) in [7, 11) is 0. The number of carbonyl (C=O) groups is 1. The van der Waals surface area contributed by atoms with Crippen LogP contribution in [0.15, 0.2) is 30.3 Å². The molecule has 2 rings (SSSR count). The van der Waals surface area contributed by atoms with Crippen molar-refractivity contribution in [2.75, 3.05) is 10.8 Å². The molecule has 0 heterocycles. The standard InChI is InChI=1S/C16H12ClF4NO/c1-2-9-3-5-10(6-4-9)22(13(23)8-17)16-14(20)11(18)7-12(19)15(16)21/h3-7H,2,8H2,1H3. The highest BCUT2D eigenvalue weighted by atomic mass is 35.5. The van der Waals surface area contributed by atoms with Crippen LogP contribution >= 0.6 is 11.6 Å². The lowest BCUT2D eigenvalue weighted by atomic mass is 10.1. The highest BCUT2D eigenvalue weighted by molar-refractivity contribution is 6.30. The number of hydrogen-bond donors (Lipinski definition) is 0. The van der Waals surface area contributed by atoms with E-state index in [0.29, 0.717) is 11.3 Å². The molecule has 0 bridgehead atoms. The lowest BCUT2D eigenvalue weighted by molar-refractivity contribution is -0.115. The quantitative estimate of drug-likeness (QED) is 0.446. The van der Waals surface area contributed by atoms with Crippen LogP contribution in [0.4, 0.5) is 28.9 Å². The maximum absolute atomic E-state index is 14.0. The molecule has 0 aromatic heterocycles. The Kier molecular flexibility index (Phi) is 5.26. The topological polar surface area (TPSA) is 20.3 Å². The fourth-order valence-corrected chi connectivity index (χ4v) is 2.21. The molecule has 23 heavy (non-hydrogen) atoms. The number of rotatable bonds is 4. The van der Waals surface area contributed by atoms with Crippen LogP contribution < -0.4 is 4.90 Å². The lowest BCUT2D eigenvalue weighted by Gasteiger charge is -2.23. The minimum atomic E-state index is -1.66. The number of hydrogen-bond acceptors (Lipinski definition) is 1. The number of benzene rings is 2. The van der Waals surface area contributed by atoms with Crippen molar-refractivity contribution >= 4 is 28.9 Å². The van der Waals surface area contributed by atoms with Gasteiger partial charge in [0.25, 0.3) is 0 Å². The minimum absolute atomic E-state index is 0.0515. The van der Waals surface area contributed by atoms with E-state index in [2.05, 4.69) is 0 Å². The Bertz CT molecular complexity index is 708. The maximum Gasteiger partial charge on any atom is 0.246 e. The van der Waals surface area contributed by atoms with Crippen molar-refractivity contribution in [3.05, 3.63) is 59.2 Å². The van der Waals surface area contributed by atoms with Gasteiger partial charge in [0, 0.05) is 11.8 Å². The van der Waals surface area contributed by atoms with Crippen molar-refractivity contribution in [2.24, 2.45) is 0 Å². The predicted molar refractivity (Wildman–Crippen MR) is 80.0 cm³/mol. The van der Waals surface area contributed by atoms with E-state index in [4.69, 9.17) is 11.6 Å². The van der Waals surface area contributed by atoms with E-state index in [9.17, 15) is 22.4 Å². The number of anilines is 2. The van der Waals surface area contributed by atoms with Gasteiger partial charge in [-0.1, -0.05) is 19.1 Å². The van der Waals surface area contributed by atoms with Gasteiger partial charge in [0.05, 0.1) is 0 Å². The third-order valence-electron chi connectivity index (χ3n) is 3.28. The molecule has 7 heteroatoms. The number of halogens is 5. The second-order valence-corrected chi connectivity index (χ2v) is 4.97. The number of aryl methyl sites for hydroxylation is 1. The van der Waals surface area contributed by atoms with Gasteiger partial charge < -0.3 is 0 Å². The van der Waals surface area contributed by atoms with Crippen molar-refractivity contribution in [3.63, 3.8) is 0 Å². The van der Waals surface area contributed by atoms with E-state index < -0.39 is 40.7 Å². The summed E-state index contributed by atoms with van der Waals surface area (Å²) in [6, 6.07) is 6.19. The summed E-state index contributed by atoms with van der Waals surface area (Å²) < 4.78 is 54.9. The molecule has 2 aromatic carbocycles. The van der Waals surface area contributed by atoms with Crippen molar-refractivity contribution in [1.29, 1.82) is 0 Å². The van der Waals surface area contributed by atoms with Crippen LogP contribution in [0, 0.1) is 23.3 Å². The van der Waals surface area contributed by atoms with Crippen molar-refractivity contribution in [1.82, 2.24) is 0 Å². The van der Waals surface area contributed by atoms with Crippen LogP contribution in [0.2, 0.25) is 0 Å². The third-order valence-corrected chi connectivity index (χ3v) is 3.51. The zero-order valence-corrected chi connectivity index (χ0v) is 12.8. The second kappa shape index (κ2) is 7.00. The van der Waals surface area contributed by atoms with Gasteiger partial charge in [-0.25, -0.2) is 17.6 Å². The number of carbonyl (C=O) groups excluding carboxylic acids is 1. The van der Waals surface area contributed by atoms with Crippen molar-refractivity contribution < 1.29 is 22.4 Å². The average molecular weight is 346 g/mol. The van der Waals surface area contributed by atoms with Crippen LogP contribution in [-0.2, 0) is 11.2 Å². The van der Waals surface area contributed by atoms with Gasteiger partial charge in [0.2, 0.25) is 5.91 Å². The summed E-state index contributed by atoms with van der Waals surface area (Å²) in [6.07, 6.45) is 0.709. The van der Waals surface area contributed by atoms with Gasteiger partial charge in [-0.2, -0.15) is 0 Å². The van der Waals surface area contributed by atoms with Gasteiger partial charge >= 0.3 is 0 Å². The maximum atomic E-state index is 14.0. The minimum Gasteiger partial charge on any atom is -0.274 e. The Hall–Kier alpha value is -2.08. The fraction of sp³-hybridized carbons (Fsp3) is 0.188. The van der Waals surface area contributed by atoms with Crippen molar-refractivity contribution in [2.45, 2.75) is 13.3 Å². The molecule has 2 aromatic rings. The zero-order valence-electron chi connectivity index (χ0n) is 12.0. The molecule has 0 unspecified atom stereocenters. The molecule has 0 radical (unpaired) electrons. The Balaban J connectivity index is 2.67. The molecule has 0 aliphatic heterocycles. The lowest BCUT2D eigenvalue weighted by Crippen LogP contribution is -2.29. The molecular formula is C16H12ClF4NO. The second-order valence-electron chi connectivity index (χ2n) is 4.70. The van der Waals surface area contributed by atoms with Crippen LogP contribution in [0.1, 0.15) is 12.5 Å². The molecule has 0 aliphatic carbocycles. The Morgan fingerprint density at radius 1 is 1.04 bits per heavy atom. The molecule has 0 aliphatic rings. The van der Waals surface area contributed by atoms with Crippen LogP contribution in [-0.4, -0.2) is 11.8 Å². The molecule has 0 saturated heterocycles. The first-order chi connectivity index (χ1) is 10.9. The molecule has 0 saturated carbocycles. The summed E-state index contributed by atoms with van der Waals surface area (Å²) in [5.74, 6) is -8.07. The first-order valence-electron chi connectivity index (χ1n) is 6.71. The van der Waals surface area contributed by atoms with Crippen LogP contribution in [0.25, 0.3) is 0 Å². The first-order valence-corrected chi connectivity index (χ1v) is 7.25. The summed E-state index contributed by atoms with van der Waals surface area (Å²) in [6.45, 7) is 1.90. The third kappa shape index (κ3) is 3.32. The Morgan fingerprint density at radius 2 is 1.57 bits per heavy atom. The predicted octanol–water partition coefficient (Wildman–Crippen LogP) is 4.71. The first kappa shape index (κ1) is 17.3. The Morgan fingerprint density at radius 3 is 2.00 bits per heavy atom. The largest absolute Gasteiger partial charge is 0.274 e. The van der Waals surface area contributed by atoms with Gasteiger partial charge in [-0.3, -0.25) is 9.69 Å². The molecular weight excluding hydrogens is 334 g/mol. The number of nitrogens with zero attached hydrogens (tertiary/aromatic N) is 1. The van der Waals surface area contributed by atoms with E-state index in [1.54, 1.807) is 12.1 Å². The van der Waals surface area contributed by atoms with E-state index in [0.717, 1.165) is 5.56 Å². The summed E-state index contributed by atoms with van der Waals surface area (Å²) in [5, 5.41) is 0. The van der Waals surface area contributed by atoms with Gasteiger partial charge in [-0.05, 0) is 24.1 Å². The summed E-state index contributed by atoms with van der Waals surface area (Å²) in [4.78, 5) is 12.5. The van der Waals surface area contributed by atoms with Crippen LogP contribution in [0.3, 0.4) is 0 Å². The van der Waals surface area contributed by atoms with E-state index >= 15 is 0 Å². The van der Waals surface area contributed by atoms with E-state index in [-0.39, 0.29) is 11.8 Å². The Labute approximate surface area is 135 Å². The highest BCUT2D eigenvalue weighted by Crippen LogP contribution is 2.33. The van der Waals surface area contributed by atoms with Gasteiger partial charge in [-0.15, -0.1) is 11.6 Å². The molecule has 122 valence electrons. The van der Waals surface area contributed by atoms with Crippen LogP contribution in [0.5, 0.6) is 0 Å². The fourth-order valence-electron chi connectivity index (χ4n) is 2.10. The average Bonchev–Trinajstić information content (AvgIpc) is 2.56. The summed E-state index contributed by atoms with van der Waals surface area (Å²) >= 11 is 5.47. The van der Waals surface area contributed by atoms with Crippen molar-refractivity contribution in [3.8, 4) is 0 Å². The SMILES string of the molecule is CCc1ccc(N(C(=O)CCl)c2c(F)c(F)cc(F)c2F)cc1. The number of amides is 1. The molecule has 0 N–H and O–H groups in total. The van der Waals surface area contributed by atoms with E-state index in [1.807, 2.05) is 6.92 Å². The molecule has 0 fully saturated rings. The number of alkyl halides is 1. The van der Waals surface area contributed by atoms with Gasteiger partial charge in [0.1, 0.15) is 11.6 Å². The smallest absolute Gasteiger partial charge is 0.246 e. The molecule has 0 spiro atoms.